The van der Waals surface area contributed by atoms with Gasteiger partial charge in [-0.3, -0.25) is 4.79 Å². The summed E-state index contributed by atoms with van der Waals surface area (Å²) in [5.74, 6) is -0.376. The summed E-state index contributed by atoms with van der Waals surface area (Å²) in [5, 5.41) is 0.888. The van der Waals surface area contributed by atoms with E-state index in [9.17, 15) is 18.0 Å². The van der Waals surface area contributed by atoms with Crippen molar-refractivity contribution in [2.24, 2.45) is 0 Å². The predicted molar refractivity (Wildman–Crippen MR) is 107 cm³/mol. The molecule has 9 heteroatoms. The van der Waals surface area contributed by atoms with Crippen LogP contribution in [0.5, 0.6) is 0 Å². The Labute approximate surface area is 171 Å². The third-order valence-corrected chi connectivity index (χ3v) is 6.19. The molecular weight excluding hydrogens is 455 g/mol. The summed E-state index contributed by atoms with van der Waals surface area (Å²) in [7, 11) is 0. The van der Waals surface area contributed by atoms with Crippen LogP contribution < -0.4 is 4.90 Å². The third-order valence-electron chi connectivity index (χ3n) is 4.61. The molecule has 1 fully saturated rings. The molecule has 0 saturated carbocycles. The first-order chi connectivity index (χ1) is 13.3. The van der Waals surface area contributed by atoms with Crippen LogP contribution in [0.25, 0.3) is 10.2 Å². The number of halogens is 4. The lowest BCUT2D eigenvalue weighted by atomic mass is 10.1. The molecule has 0 unspecified atom stereocenters. The molecule has 0 atom stereocenters. The first-order valence-electron chi connectivity index (χ1n) is 8.59. The number of carbonyl (C=O) groups excluding carboxylic acids is 1. The largest absolute Gasteiger partial charge is 0.416 e. The van der Waals surface area contributed by atoms with E-state index in [0.29, 0.717) is 26.2 Å². The van der Waals surface area contributed by atoms with Gasteiger partial charge in [-0.15, -0.1) is 0 Å². The van der Waals surface area contributed by atoms with Crippen molar-refractivity contribution in [3.63, 3.8) is 0 Å². The SMILES string of the molecule is O=C(c1cccc(C(F)(F)F)c1)N1CCN(c2nc3ccc(Br)cc3s2)CC1. The maximum Gasteiger partial charge on any atom is 0.416 e. The van der Waals surface area contributed by atoms with E-state index in [1.807, 2.05) is 18.2 Å². The number of benzene rings is 2. The van der Waals surface area contributed by atoms with Crippen molar-refractivity contribution in [3.05, 3.63) is 58.1 Å². The van der Waals surface area contributed by atoms with Gasteiger partial charge in [0.1, 0.15) is 0 Å². The summed E-state index contributed by atoms with van der Waals surface area (Å²) >= 11 is 5.04. The summed E-state index contributed by atoms with van der Waals surface area (Å²) in [6.07, 6.45) is -4.46. The van der Waals surface area contributed by atoms with Gasteiger partial charge in [0, 0.05) is 36.2 Å². The molecule has 1 aliphatic rings. The Morgan fingerprint density at radius 1 is 1.07 bits per heavy atom. The number of amides is 1. The van der Waals surface area contributed by atoms with Crippen LogP contribution in [-0.2, 0) is 6.18 Å². The first-order valence-corrected chi connectivity index (χ1v) is 10.2. The highest BCUT2D eigenvalue weighted by Crippen LogP contribution is 2.32. The normalized spacial score (nSPS) is 15.3. The molecule has 28 heavy (non-hydrogen) atoms. The summed E-state index contributed by atoms with van der Waals surface area (Å²) in [5.41, 5.74) is 0.177. The van der Waals surface area contributed by atoms with Crippen LogP contribution in [0.1, 0.15) is 15.9 Å². The van der Waals surface area contributed by atoms with Gasteiger partial charge in [-0.25, -0.2) is 4.98 Å². The van der Waals surface area contributed by atoms with E-state index < -0.39 is 11.7 Å². The van der Waals surface area contributed by atoms with Gasteiger partial charge < -0.3 is 9.80 Å². The number of alkyl halides is 3. The highest BCUT2D eigenvalue weighted by atomic mass is 79.9. The molecular formula is C19H15BrF3N3OS. The zero-order chi connectivity index (χ0) is 19.9. The van der Waals surface area contributed by atoms with Crippen LogP contribution in [0.4, 0.5) is 18.3 Å². The topological polar surface area (TPSA) is 36.4 Å². The summed E-state index contributed by atoms with van der Waals surface area (Å²) < 4.78 is 40.7. The fourth-order valence-corrected chi connectivity index (χ4v) is 4.70. The molecule has 1 saturated heterocycles. The number of nitrogens with zero attached hydrogens (tertiary/aromatic N) is 3. The third kappa shape index (κ3) is 3.86. The average Bonchev–Trinajstić information content (AvgIpc) is 3.10. The number of piperazine rings is 1. The van der Waals surface area contributed by atoms with Crippen LogP contribution in [0.15, 0.2) is 46.9 Å². The second kappa shape index (κ2) is 7.36. The number of rotatable bonds is 2. The molecule has 2 heterocycles. The zero-order valence-electron chi connectivity index (χ0n) is 14.5. The zero-order valence-corrected chi connectivity index (χ0v) is 16.9. The molecule has 1 aromatic heterocycles. The Balaban J connectivity index is 1.45. The number of thiazole rings is 1. The van der Waals surface area contributed by atoms with E-state index in [1.54, 1.807) is 16.2 Å². The lowest BCUT2D eigenvalue weighted by Gasteiger charge is -2.34. The maximum absolute atomic E-state index is 12.9. The van der Waals surface area contributed by atoms with Crippen LogP contribution in [0.2, 0.25) is 0 Å². The Morgan fingerprint density at radius 2 is 1.82 bits per heavy atom. The first kappa shape index (κ1) is 19.2. The highest BCUT2D eigenvalue weighted by Gasteiger charge is 2.32. The van der Waals surface area contributed by atoms with Crippen molar-refractivity contribution >= 4 is 48.5 Å². The van der Waals surface area contributed by atoms with E-state index in [2.05, 4.69) is 25.8 Å². The van der Waals surface area contributed by atoms with Crippen molar-refractivity contribution in [1.82, 2.24) is 9.88 Å². The Morgan fingerprint density at radius 3 is 2.54 bits per heavy atom. The molecule has 3 aromatic rings. The van der Waals surface area contributed by atoms with Crippen LogP contribution >= 0.6 is 27.3 Å². The quantitative estimate of drug-likeness (QED) is 0.527. The number of fused-ring (bicyclic) bond motifs is 1. The predicted octanol–water partition coefficient (Wildman–Crippen LogP) is 5.04. The molecule has 146 valence electrons. The van der Waals surface area contributed by atoms with Crippen molar-refractivity contribution in [2.45, 2.75) is 6.18 Å². The van der Waals surface area contributed by atoms with E-state index in [1.165, 1.54) is 12.1 Å². The van der Waals surface area contributed by atoms with Crippen molar-refractivity contribution < 1.29 is 18.0 Å². The minimum atomic E-state index is -4.46. The van der Waals surface area contributed by atoms with Crippen molar-refractivity contribution in [3.8, 4) is 0 Å². The van der Waals surface area contributed by atoms with Gasteiger partial charge in [0.15, 0.2) is 5.13 Å². The van der Waals surface area contributed by atoms with Gasteiger partial charge in [-0.05, 0) is 36.4 Å². The molecule has 0 N–H and O–H groups in total. The molecule has 2 aromatic carbocycles. The average molecular weight is 470 g/mol. The molecule has 0 spiro atoms. The Kier molecular flexibility index (Phi) is 5.05. The summed E-state index contributed by atoms with van der Waals surface area (Å²) in [4.78, 5) is 21.0. The van der Waals surface area contributed by atoms with Gasteiger partial charge in [-0.2, -0.15) is 13.2 Å². The van der Waals surface area contributed by atoms with E-state index in [4.69, 9.17) is 0 Å². The molecule has 0 radical (unpaired) electrons. The van der Waals surface area contributed by atoms with Crippen molar-refractivity contribution in [2.75, 3.05) is 31.1 Å². The standard InChI is InChI=1S/C19H15BrF3N3OS/c20-14-4-5-15-16(11-14)28-18(24-15)26-8-6-25(7-9-26)17(27)12-2-1-3-13(10-12)19(21,22)23/h1-5,10-11H,6-9H2. The number of aromatic nitrogens is 1. The van der Waals surface area contributed by atoms with Gasteiger partial charge in [0.05, 0.1) is 15.8 Å². The minimum Gasteiger partial charge on any atom is -0.345 e. The Hall–Kier alpha value is -2.13. The number of carbonyl (C=O) groups is 1. The highest BCUT2D eigenvalue weighted by molar-refractivity contribution is 9.10. The van der Waals surface area contributed by atoms with Crippen LogP contribution in [-0.4, -0.2) is 42.0 Å². The monoisotopic (exact) mass is 469 g/mol. The number of anilines is 1. The van der Waals surface area contributed by atoms with Crippen LogP contribution in [0, 0.1) is 0 Å². The minimum absolute atomic E-state index is 0.0631. The number of hydrogen-bond acceptors (Lipinski definition) is 4. The van der Waals surface area contributed by atoms with E-state index in [-0.39, 0.29) is 11.5 Å². The molecule has 1 amide bonds. The fourth-order valence-electron chi connectivity index (χ4n) is 3.13. The summed E-state index contributed by atoms with van der Waals surface area (Å²) in [6.45, 7) is 2.06. The second-order valence-corrected chi connectivity index (χ2v) is 8.39. The Bertz CT molecular complexity index is 1030. The number of hydrogen-bond donors (Lipinski definition) is 0. The van der Waals surface area contributed by atoms with Crippen LogP contribution in [0.3, 0.4) is 0 Å². The molecule has 4 rings (SSSR count). The molecule has 1 aliphatic heterocycles. The fraction of sp³-hybridized carbons (Fsp3) is 0.263. The second-order valence-electron chi connectivity index (χ2n) is 6.47. The lowest BCUT2D eigenvalue weighted by Crippen LogP contribution is -2.48. The van der Waals surface area contributed by atoms with E-state index in [0.717, 1.165) is 32.0 Å². The van der Waals surface area contributed by atoms with Gasteiger partial charge >= 0.3 is 6.18 Å². The molecule has 0 bridgehead atoms. The molecule has 4 nitrogen and oxygen atoms in total. The van der Waals surface area contributed by atoms with Crippen molar-refractivity contribution in [1.29, 1.82) is 0 Å². The van der Waals surface area contributed by atoms with Gasteiger partial charge in [0.25, 0.3) is 5.91 Å². The molecule has 0 aliphatic carbocycles. The van der Waals surface area contributed by atoms with Gasteiger partial charge in [-0.1, -0.05) is 33.3 Å². The maximum atomic E-state index is 12.9. The van der Waals surface area contributed by atoms with E-state index >= 15 is 0 Å². The smallest absolute Gasteiger partial charge is 0.345 e. The lowest BCUT2D eigenvalue weighted by molar-refractivity contribution is -0.137. The summed E-state index contributed by atoms with van der Waals surface area (Å²) in [6, 6.07) is 10.5. The van der Waals surface area contributed by atoms with Gasteiger partial charge in [0.2, 0.25) is 0 Å².